The smallest absolute Gasteiger partial charge is 0.341 e. The fourth-order valence-electron chi connectivity index (χ4n) is 2.21. The van der Waals surface area contributed by atoms with E-state index >= 15 is 0 Å². The Hall–Kier alpha value is -3.02. The summed E-state index contributed by atoms with van der Waals surface area (Å²) in [7, 11) is 1.59. The first-order valence-corrected chi connectivity index (χ1v) is 7.73. The van der Waals surface area contributed by atoms with E-state index in [0.29, 0.717) is 11.4 Å². The molecule has 0 aromatic heterocycles. The van der Waals surface area contributed by atoms with Crippen molar-refractivity contribution in [2.75, 3.05) is 19.0 Å². The predicted octanol–water partition coefficient (Wildman–Crippen LogP) is 3.07. The van der Waals surface area contributed by atoms with E-state index in [2.05, 4.69) is 5.32 Å². The molecule has 0 fully saturated rings. The van der Waals surface area contributed by atoms with Gasteiger partial charge in [-0.2, -0.15) is 0 Å². The molecular weight excluding hydrogens is 322 g/mol. The number of nitrogens with one attached hydrogen (secondary N) is 1. The van der Waals surface area contributed by atoms with Gasteiger partial charge in [0.2, 0.25) is 5.91 Å². The highest BCUT2D eigenvalue weighted by atomic mass is 16.5. The number of carbonyl (C=O) groups excluding carboxylic acids is 1. The Morgan fingerprint density at radius 2 is 1.56 bits per heavy atom. The third-order valence-electron chi connectivity index (χ3n) is 3.85. The molecule has 2 aromatic carbocycles. The van der Waals surface area contributed by atoms with Crippen molar-refractivity contribution in [2.45, 2.75) is 19.3 Å². The Morgan fingerprint density at radius 1 is 1.00 bits per heavy atom. The summed E-state index contributed by atoms with van der Waals surface area (Å²) in [4.78, 5) is 23.1. The van der Waals surface area contributed by atoms with E-state index in [1.54, 1.807) is 31.4 Å². The minimum absolute atomic E-state index is 0.156. The summed E-state index contributed by atoms with van der Waals surface area (Å²) in [6.45, 7) is 3.28. The largest absolute Gasteiger partial charge is 0.497 e. The topological polar surface area (TPSA) is 84.9 Å². The molecule has 2 rings (SSSR count). The molecule has 0 saturated heterocycles. The van der Waals surface area contributed by atoms with Crippen LogP contribution in [0.2, 0.25) is 0 Å². The minimum Gasteiger partial charge on any atom is -0.497 e. The Bertz CT molecular complexity index is 735. The summed E-state index contributed by atoms with van der Waals surface area (Å²) in [5, 5.41) is 11.4. The first-order chi connectivity index (χ1) is 11.8. The lowest BCUT2D eigenvalue weighted by Crippen LogP contribution is -2.34. The monoisotopic (exact) mass is 343 g/mol. The molecule has 0 saturated carbocycles. The van der Waals surface area contributed by atoms with Crippen LogP contribution in [0.4, 0.5) is 5.69 Å². The van der Waals surface area contributed by atoms with E-state index in [0.717, 1.165) is 11.3 Å². The van der Waals surface area contributed by atoms with Gasteiger partial charge in [0.05, 0.1) is 12.5 Å². The molecule has 0 aliphatic heterocycles. The number of rotatable bonds is 7. The van der Waals surface area contributed by atoms with Gasteiger partial charge in [0.1, 0.15) is 11.5 Å². The van der Waals surface area contributed by atoms with Crippen molar-refractivity contribution in [1.82, 2.24) is 0 Å². The van der Waals surface area contributed by atoms with Crippen molar-refractivity contribution in [2.24, 2.45) is 0 Å². The normalized spacial score (nSPS) is 10.8. The number of carboxylic acid groups (broad SMARTS) is 1. The second-order valence-electron chi connectivity index (χ2n) is 6.01. The number of carboxylic acids is 1. The van der Waals surface area contributed by atoms with Crippen molar-refractivity contribution in [3.8, 4) is 11.5 Å². The first kappa shape index (κ1) is 18.3. The van der Waals surface area contributed by atoms with Crippen molar-refractivity contribution in [1.29, 1.82) is 0 Å². The number of hydrogen-bond donors (Lipinski definition) is 2. The van der Waals surface area contributed by atoms with Crippen molar-refractivity contribution < 1.29 is 24.2 Å². The van der Waals surface area contributed by atoms with E-state index in [1.165, 1.54) is 0 Å². The molecule has 0 aliphatic rings. The van der Waals surface area contributed by atoms with Crippen LogP contribution in [-0.4, -0.2) is 30.7 Å². The lowest BCUT2D eigenvalue weighted by molar-refractivity contribution is -0.139. The molecule has 2 aromatic rings. The molecule has 0 atom stereocenters. The number of carbonyl (C=O) groups is 2. The lowest BCUT2D eigenvalue weighted by Gasteiger charge is -2.24. The average molecular weight is 343 g/mol. The molecule has 6 heteroatoms. The van der Waals surface area contributed by atoms with Gasteiger partial charge >= 0.3 is 5.97 Å². The van der Waals surface area contributed by atoms with Crippen LogP contribution in [-0.2, 0) is 15.0 Å². The molecule has 132 valence electrons. The van der Waals surface area contributed by atoms with Crippen molar-refractivity contribution >= 4 is 17.6 Å². The Labute approximate surface area is 146 Å². The number of ether oxygens (including phenoxy) is 2. The second kappa shape index (κ2) is 7.70. The highest BCUT2D eigenvalue weighted by Gasteiger charge is 2.29. The zero-order chi connectivity index (χ0) is 18.4. The average Bonchev–Trinajstić information content (AvgIpc) is 2.61. The van der Waals surface area contributed by atoms with Gasteiger partial charge in [-0.05, 0) is 55.8 Å². The summed E-state index contributed by atoms with van der Waals surface area (Å²) in [6.07, 6.45) is 0. The molecule has 0 aliphatic carbocycles. The van der Waals surface area contributed by atoms with Crippen molar-refractivity contribution in [3.05, 3.63) is 54.1 Å². The third-order valence-corrected chi connectivity index (χ3v) is 3.85. The van der Waals surface area contributed by atoms with Gasteiger partial charge in [-0.25, -0.2) is 4.79 Å². The van der Waals surface area contributed by atoms with Gasteiger partial charge in [0.15, 0.2) is 6.61 Å². The molecule has 2 N–H and O–H groups in total. The molecule has 0 unspecified atom stereocenters. The summed E-state index contributed by atoms with van der Waals surface area (Å²) in [6, 6.07) is 13.9. The quantitative estimate of drug-likeness (QED) is 0.807. The van der Waals surface area contributed by atoms with Crippen LogP contribution in [0.5, 0.6) is 11.5 Å². The molecule has 0 bridgehead atoms. The van der Waals surface area contributed by atoms with Crippen LogP contribution >= 0.6 is 0 Å². The summed E-state index contributed by atoms with van der Waals surface area (Å²) in [5.74, 6) is -0.0396. The number of hydrogen-bond acceptors (Lipinski definition) is 4. The maximum absolute atomic E-state index is 12.6. The van der Waals surface area contributed by atoms with Gasteiger partial charge < -0.3 is 19.9 Å². The number of methoxy groups -OCH3 is 1. The first-order valence-electron chi connectivity index (χ1n) is 7.73. The molecule has 1 amide bonds. The lowest BCUT2D eigenvalue weighted by atomic mass is 9.83. The fraction of sp³-hybridized carbons (Fsp3) is 0.263. The number of benzene rings is 2. The van der Waals surface area contributed by atoms with Gasteiger partial charge in [-0.1, -0.05) is 12.1 Å². The van der Waals surface area contributed by atoms with Crippen LogP contribution < -0.4 is 14.8 Å². The number of aliphatic carboxylic acids is 1. The van der Waals surface area contributed by atoms with E-state index in [9.17, 15) is 9.59 Å². The molecule has 6 nitrogen and oxygen atoms in total. The highest BCUT2D eigenvalue weighted by molar-refractivity contribution is 5.98. The third kappa shape index (κ3) is 4.73. The maximum atomic E-state index is 12.6. The Kier molecular flexibility index (Phi) is 5.64. The standard InChI is InChI=1S/C19H21NO5/c1-19(2,13-4-8-15(24-3)9-5-13)18(23)20-14-6-10-16(11-7-14)25-12-17(21)22/h4-11H,12H2,1-3H3,(H,20,23)(H,21,22). The molecule has 0 radical (unpaired) electrons. The van der Waals surface area contributed by atoms with E-state index < -0.39 is 18.0 Å². The highest BCUT2D eigenvalue weighted by Crippen LogP contribution is 2.27. The summed E-state index contributed by atoms with van der Waals surface area (Å²) >= 11 is 0. The van der Waals surface area contributed by atoms with Crippen LogP contribution in [0.25, 0.3) is 0 Å². The van der Waals surface area contributed by atoms with Gasteiger partial charge in [-0.3, -0.25) is 4.79 Å². The van der Waals surface area contributed by atoms with Crippen LogP contribution in [0.15, 0.2) is 48.5 Å². The van der Waals surface area contributed by atoms with Crippen LogP contribution in [0.1, 0.15) is 19.4 Å². The summed E-state index contributed by atoms with van der Waals surface area (Å²) < 4.78 is 10.2. The maximum Gasteiger partial charge on any atom is 0.341 e. The van der Waals surface area contributed by atoms with Crippen molar-refractivity contribution in [3.63, 3.8) is 0 Å². The molecule has 25 heavy (non-hydrogen) atoms. The van der Waals surface area contributed by atoms with E-state index in [4.69, 9.17) is 14.6 Å². The van der Waals surface area contributed by atoms with Gasteiger partial charge in [-0.15, -0.1) is 0 Å². The predicted molar refractivity (Wildman–Crippen MR) is 94.2 cm³/mol. The molecular formula is C19H21NO5. The van der Waals surface area contributed by atoms with E-state index in [-0.39, 0.29) is 5.91 Å². The number of anilines is 1. The second-order valence-corrected chi connectivity index (χ2v) is 6.01. The summed E-state index contributed by atoms with van der Waals surface area (Å²) in [5.41, 5.74) is 0.742. The van der Waals surface area contributed by atoms with Crippen LogP contribution in [0.3, 0.4) is 0 Å². The van der Waals surface area contributed by atoms with Crippen LogP contribution in [0, 0.1) is 0 Å². The van der Waals surface area contributed by atoms with Gasteiger partial charge in [0.25, 0.3) is 0 Å². The molecule has 0 spiro atoms. The zero-order valence-corrected chi connectivity index (χ0v) is 14.4. The SMILES string of the molecule is COc1ccc(C(C)(C)C(=O)Nc2ccc(OCC(=O)O)cc2)cc1. The zero-order valence-electron chi connectivity index (χ0n) is 14.4. The Morgan fingerprint density at radius 3 is 2.08 bits per heavy atom. The Balaban J connectivity index is 2.05. The number of amides is 1. The fourth-order valence-corrected chi connectivity index (χ4v) is 2.21. The minimum atomic E-state index is -1.04. The van der Waals surface area contributed by atoms with Gasteiger partial charge in [0, 0.05) is 5.69 Å². The molecule has 0 heterocycles. The van der Waals surface area contributed by atoms with E-state index in [1.807, 2.05) is 38.1 Å².